The Kier molecular flexibility index (Phi) is 3.75. The summed E-state index contributed by atoms with van der Waals surface area (Å²) in [5.74, 6) is -2.13. The second kappa shape index (κ2) is 5.31. The van der Waals surface area contributed by atoms with Crippen molar-refractivity contribution in [2.45, 2.75) is 13.3 Å². The molecule has 1 aliphatic heterocycles. The van der Waals surface area contributed by atoms with Gasteiger partial charge in [0.15, 0.2) is 5.78 Å². The van der Waals surface area contributed by atoms with Crippen LogP contribution < -0.4 is 0 Å². The van der Waals surface area contributed by atoms with Crippen LogP contribution in [0.3, 0.4) is 0 Å². The molecule has 0 radical (unpaired) electrons. The van der Waals surface area contributed by atoms with Gasteiger partial charge in [-0.05, 0) is 17.9 Å². The largest absolute Gasteiger partial charge is 0.334 e. The van der Waals surface area contributed by atoms with Gasteiger partial charge in [-0.15, -0.1) is 11.3 Å². The van der Waals surface area contributed by atoms with E-state index < -0.39 is 17.8 Å². The van der Waals surface area contributed by atoms with E-state index in [0.717, 1.165) is 4.90 Å². The number of imide groups is 2. The fourth-order valence-corrected chi connectivity index (χ4v) is 2.43. The zero-order chi connectivity index (χ0) is 14.0. The van der Waals surface area contributed by atoms with Crippen LogP contribution in [0.1, 0.15) is 23.0 Å². The summed E-state index contributed by atoms with van der Waals surface area (Å²) in [4.78, 5) is 49.0. The number of urea groups is 1. The van der Waals surface area contributed by atoms with Gasteiger partial charge >= 0.3 is 17.8 Å². The molecule has 1 saturated heterocycles. The first kappa shape index (κ1) is 13.4. The zero-order valence-corrected chi connectivity index (χ0v) is 11.1. The molecule has 19 heavy (non-hydrogen) atoms. The van der Waals surface area contributed by atoms with Gasteiger partial charge in [0.25, 0.3) is 0 Å². The van der Waals surface area contributed by atoms with E-state index in [-0.39, 0.29) is 18.9 Å². The Morgan fingerprint density at radius 1 is 1.21 bits per heavy atom. The average Bonchev–Trinajstić information content (AvgIpc) is 2.98. The van der Waals surface area contributed by atoms with E-state index in [9.17, 15) is 19.2 Å². The predicted molar refractivity (Wildman–Crippen MR) is 67.8 cm³/mol. The number of Topliss-reactive ketones (excluding diaryl/α,β-unsaturated/α-hetero) is 1. The van der Waals surface area contributed by atoms with Gasteiger partial charge in [-0.25, -0.2) is 9.69 Å². The van der Waals surface area contributed by atoms with Crippen LogP contribution in [0.5, 0.6) is 0 Å². The van der Waals surface area contributed by atoms with E-state index in [1.807, 2.05) is 0 Å². The van der Waals surface area contributed by atoms with E-state index >= 15 is 0 Å². The molecule has 7 heteroatoms. The van der Waals surface area contributed by atoms with Gasteiger partial charge in [-0.3, -0.25) is 19.3 Å². The minimum Gasteiger partial charge on any atom is -0.291 e. The highest BCUT2D eigenvalue weighted by Gasteiger charge is 2.44. The van der Waals surface area contributed by atoms with Crippen molar-refractivity contribution in [2.75, 3.05) is 13.1 Å². The fraction of sp³-hybridized carbons (Fsp3) is 0.333. The van der Waals surface area contributed by atoms with E-state index in [1.165, 1.54) is 11.3 Å². The molecule has 1 fully saturated rings. The Morgan fingerprint density at radius 2 is 1.89 bits per heavy atom. The molecule has 100 valence electrons. The number of hydrogen-bond donors (Lipinski definition) is 0. The van der Waals surface area contributed by atoms with E-state index in [1.54, 1.807) is 24.4 Å². The van der Waals surface area contributed by atoms with Crippen molar-refractivity contribution < 1.29 is 19.2 Å². The van der Waals surface area contributed by atoms with Crippen molar-refractivity contribution in [2.24, 2.45) is 0 Å². The summed E-state index contributed by atoms with van der Waals surface area (Å²) in [5, 5.41) is 1.73. The van der Waals surface area contributed by atoms with Gasteiger partial charge in [-0.2, -0.15) is 0 Å². The first-order chi connectivity index (χ1) is 9.06. The van der Waals surface area contributed by atoms with Gasteiger partial charge in [-0.1, -0.05) is 13.0 Å². The van der Waals surface area contributed by atoms with Crippen LogP contribution in [0.2, 0.25) is 0 Å². The third-order valence-electron chi connectivity index (χ3n) is 2.68. The van der Waals surface area contributed by atoms with Crippen LogP contribution in [0, 0.1) is 0 Å². The molecule has 0 aromatic carbocycles. The predicted octanol–water partition coefficient (Wildman–Crippen LogP) is 1.13. The molecule has 1 aliphatic rings. The number of thiophene rings is 1. The maximum absolute atomic E-state index is 11.9. The minimum atomic E-state index is -0.927. The molecule has 2 heterocycles. The van der Waals surface area contributed by atoms with Crippen molar-refractivity contribution in [3.8, 4) is 0 Å². The molecule has 2 rings (SSSR count). The molecule has 0 spiro atoms. The smallest absolute Gasteiger partial charge is 0.291 e. The number of ketones is 1. The number of carbonyl (C=O) groups excluding carboxylic acids is 4. The SMILES string of the molecule is CCCN1C(=O)C(=O)N(CC(=O)c2cccs2)C1=O. The van der Waals surface area contributed by atoms with Crippen LogP contribution in [0.4, 0.5) is 4.79 Å². The van der Waals surface area contributed by atoms with Gasteiger partial charge in [0, 0.05) is 6.54 Å². The summed E-state index contributed by atoms with van der Waals surface area (Å²) in [6.07, 6.45) is 0.567. The Hall–Kier alpha value is -2.02. The highest BCUT2D eigenvalue weighted by atomic mass is 32.1. The van der Waals surface area contributed by atoms with Crippen LogP contribution in [0.15, 0.2) is 17.5 Å². The molecular formula is C12H12N2O4S. The molecular weight excluding hydrogens is 268 g/mol. The quantitative estimate of drug-likeness (QED) is 0.460. The summed E-state index contributed by atoms with van der Waals surface area (Å²) >= 11 is 1.23. The molecule has 1 aromatic rings. The van der Waals surface area contributed by atoms with E-state index in [4.69, 9.17) is 0 Å². The number of hydrogen-bond acceptors (Lipinski definition) is 5. The van der Waals surface area contributed by atoms with Crippen molar-refractivity contribution in [3.63, 3.8) is 0 Å². The van der Waals surface area contributed by atoms with Crippen molar-refractivity contribution in [1.29, 1.82) is 0 Å². The van der Waals surface area contributed by atoms with Crippen molar-refractivity contribution >= 4 is 35.0 Å². The summed E-state index contributed by atoms with van der Waals surface area (Å²) in [6, 6.07) is 2.62. The lowest BCUT2D eigenvalue weighted by molar-refractivity contribution is -0.143. The normalized spacial score (nSPS) is 15.5. The van der Waals surface area contributed by atoms with Gasteiger partial charge < -0.3 is 0 Å². The minimum absolute atomic E-state index is 0.188. The Morgan fingerprint density at radius 3 is 2.47 bits per heavy atom. The van der Waals surface area contributed by atoms with Crippen LogP contribution >= 0.6 is 11.3 Å². The first-order valence-corrected chi connectivity index (χ1v) is 6.68. The molecule has 6 nitrogen and oxygen atoms in total. The van der Waals surface area contributed by atoms with Gasteiger partial charge in [0.05, 0.1) is 11.4 Å². The first-order valence-electron chi connectivity index (χ1n) is 5.80. The fourth-order valence-electron chi connectivity index (χ4n) is 1.77. The second-order valence-corrected chi connectivity index (χ2v) is 4.98. The molecule has 1 aromatic heterocycles. The Bertz CT molecular complexity index is 538. The number of rotatable bonds is 5. The highest BCUT2D eigenvalue weighted by Crippen LogP contribution is 2.15. The molecule has 0 unspecified atom stereocenters. The third-order valence-corrected chi connectivity index (χ3v) is 3.59. The van der Waals surface area contributed by atoms with Crippen LogP contribution in [-0.4, -0.2) is 46.5 Å². The van der Waals surface area contributed by atoms with Crippen molar-refractivity contribution in [1.82, 2.24) is 9.80 Å². The second-order valence-electron chi connectivity index (χ2n) is 4.03. The average molecular weight is 280 g/mol. The lowest BCUT2D eigenvalue weighted by atomic mass is 10.3. The maximum atomic E-state index is 11.9. The highest BCUT2D eigenvalue weighted by molar-refractivity contribution is 7.12. The van der Waals surface area contributed by atoms with Gasteiger partial charge in [0.1, 0.15) is 0 Å². The zero-order valence-electron chi connectivity index (χ0n) is 10.3. The summed E-state index contributed by atoms with van der Waals surface area (Å²) in [5.41, 5.74) is 0. The van der Waals surface area contributed by atoms with Gasteiger partial charge in [0.2, 0.25) is 0 Å². The van der Waals surface area contributed by atoms with Crippen LogP contribution in [-0.2, 0) is 9.59 Å². The standard InChI is InChI=1S/C12H12N2O4S/c1-2-5-13-10(16)11(17)14(12(13)18)7-8(15)9-4-3-6-19-9/h3-4,6H,2,5,7H2,1H3. The lowest BCUT2D eigenvalue weighted by Crippen LogP contribution is -2.37. The monoisotopic (exact) mass is 280 g/mol. The molecule has 0 aliphatic carbocycles. The Balaban J connectivity index is 2.13. The van der Waals surface area contributed by atoms with Crippen molar-refractivity contribution in [3.05, 3.63) is 22.4 Å². The summed E-state index contributed by atoms with van der Waals surface area (Å²) in [6.45, 7) is 1.60. The third kappa shape index (κ3) is 2.41. The number of nitrogens with zero attached hydrogens (tertiary/aromatic N) is 2. The van der Waals surface area contributed by atoms with Crippen LogP contribution in [0.25, 0.3) is 0 Å². The molecule has 0 bridgehead atoms. The Labute approximate surface area is 113 Å². The maximum Gasteiger partial charge on any atom is 0.334 e. The molecule has 0 saturated carbocycles. The lowest BCUT2D eigenvalue weighted by Gasteiger charge is -2.13. The summed E-state index contributed by atoms with van der Waals surface area (Å²) < 4.78 is 0. The molecule has 0 atom stereocenters. The number of amides is 4. The number of carbonyl (C=O) groups is 4. The molecule has 4 amide bonds. The van der Waals surface area contributed by atoms with E-state index in [0.29, 0.717) is 16.2 Å². The molecule has 0 N–H and O–H groups in total. The topological polar surface area (TPSA) is 74.8 Å². The van der Waals surface area contributed by atoms with E-state index in [2.05, 4.69) is 0 Å². The summed E-state index contributed by atoms with van der Waals surface area (Å²) in [7, 11) is 0.